The van der Waals surface area contributed by atoms with E-state index in [1.165, 1.54) is 0 Å². The average molecular weight is 237 g/mol. The lowest BCUT2D eigenvalue weighted by atomic mass is 10.2. The van der Waals surface area contributed by atoms with Gasteiger partial charge in [0.25, 0.3) is 5.91 Å². The molecule has 0 unspecified atom stereocenters. The molecule has 1 aliphatic rings. The van der Waals surface area contributed by atoms with E-state index in [4.69, 9.17) is 10.00 Å². The number of hydrogen-bond donors (Lipinski definition) is 2. The van der Waals surface area contributed by atoms with Crippen molar-refractivity contribution in [2.75, 3.05) is 19.7 Å². The van der Waals surface area contributed by atoms with Crippen molar-refractivity contribution < 1.29 is 14.3 Å². The third-order valence-electron chi connectivity index (χ3n) is 2.05. The Morgan fingerprint density at radius 1 is 1.47 bits per heavy atom. The number of esters is 1. The van der Waals surface area contributed by atoms with Crippen molar-refractivity contribution in [3.8, 4) is 6.07 Å². The van der Waals surface area contributed by atoms with Gasteiger partial charge in [0.2, 0.25) is 0 Å². The maximum absolute atomic E-state index is 11.6. The number of amides is 1. The minimum absolute atomic E-state index is 0.00694. The summed E-state index contributed by atoms with van der Waals surface area (Å²) in [6.07, 6.45) is 0. The van der Waals surface area contributed by atoms with Gasteiger partial charge in [0.05, 0.1) is 6.61 Å². The highest BCUT2D eigenvalue weighted by molar-refractivity contribution is 6.05. The molecule has 2 N–H and O–H groups in total. The molecular weight excluding hydrogens is 222 g/mol. The van der Waals surface area contributed by atoms with E-state index in [1.54, 1.807) is 6.07 Å². The van der Waals surface area contributed by atoms with Gasteiger partial charge in [0.1, 0.15) is 11.8 Å². The first kappa shape index (κ1) is 13.0. The second-order valence-corrected chi connectivity index (χ2v) is 4.04. The Kier molecular flexibility index (Phi) is 4.52. The molecule has 0 aromatic heterocycles. The molecule has 1 saturated heterocycles. The zero-order valence-electron chi connectivity index (χ0n) is 9.87. The van der Waals surface area contributed by atoms with Gasteiger partial charge < -0.3 is 15.4 Å². The van der Waals surface area contributed by atoms with E-state index in [0.717, 1.165) is 0 Å². The number of carbonyl (C=O) groups is 2. The maximum atomic E-state index is 11.6. The summed E-state index contributed by atoms with van der Waals surface area (Å²) in [6.45, 7) is 4.96. The minimum atomic E-state index is -0.763. The third kappa shape index (κ3) is 3.48. The Labute approximate surface area is 99.6 Å². The largest absolute Gasteiger partial charge is 0.461 e. The molecule has 1 fully saturated rings. The average Bonchev–Trinajstić information content (AvgIpc) is 2.30. The van der Waals surface area contributed by atoms with Crippen molar-refractivity contribution in [2.24, 2.45) is 5.92 Å². The Morgan fingerprint density at radius 3 is 2.65 bits per heavy atom. The van der Waals surface area contributed by atoms with Crippen LogP contribution in [0.4, 0.5) is 0 Å². The van der Waals surface area contributed by atoms with Crippen LogP contribution in [0.5, 0.6) is 0 Å². The lowest BCUT2D eigenvalue weighted by molar-refractivity contribution is -0.140. The topological polar surface area (TPSA) is 91.2 Å². The molecule has 1 heterocycles. The van der Waals surface area contributed by atoms with Crippen molar-refractivity contribution in [1.29, 1.82) is 5.26 Å². The van der Waals surface area contributed by atoms with Gasteiger partial charge in [-0.15, -0.1) is 0 Å². The van der Waals surface area contributed by atoms with Crippen LogP contribution in [-0.2, 0) is 14.3 Å². The summed E-state index contributed by atoms with van der Waals surface area (Å²) < 4.78 is 4.92. The fourth-order valence-corrected chi connectivity index (χ4v) is 1.25. The first-order valence-electron chi connectivity index (χ1n) is 5.39. The highest BCUT2D eigenvalue weighted by Crippen LogP contribution is 2.07. The van der Waals surface area contributed by atoms with Crippen LogP contribution in [0.1, 0.15) is 13.8 Å². The van der Waals surface area contributed by atoms with E-state index in [2.05, 4.69) is 10.6 Å². The summed E-state index contributed by atoms with van der Waals surface area (Å²) in [7, 11) is 0. The molecule has 0 aromatic carbocycles. The van der Waals surface area contributed by atoms with Crippen LogP contribution < -0.4 is 10.6 Å². The summed E-state index contributed by atoms with van der Waals surface area (Å²) >= 11 is 0. The number of nitrogens with one attached hydrogen (secondary N) is 2. The molecular formula is C11H15N3O3. The quantitative estimate of drug-likeness (QED) is 0.399. The first-order chi connectivity index (χ1) is 8.06. The SMILES string of the molecule is CC(C)COC(=O)/C(C#N)=C1\NCCNC1=O. The van der Waals surface area contributed by atoms with E-state index >= 15 is 0 Å². The second-order valence-electron chi connectivity index (χ2n) is 4.04. The number of nitrogens with zero attached hydrogens (tertiary/aromatic N) is 1. The Balaban J connectivity index is 2.82. The number of piperazine rings is 1. The van der Waals surface area contributed by atoms with Crippen molar-refractivity contribution >= 4 is 11.9 Å². The minimum Gasteiger partial charge on any atom is -0.461 e. The monoisotopic (exact) mass is 237 g/mol. The standard InChI is InChI=1S/C11H15N3O3/c1-7(2)6-17-11(16)8(5-12)9-10(15)14-4-3-13-9/h7,13H,3-4,6H2,1-2H3,(H,14,15)/b9-8-. The van der Waals surface area contributed by atoms with Crippen LogP contribution in [0.2, 0.25) is 0 Å². The molecule has 0 aromatic rings. The first-order valence-corrected chi connectivity index (χ1v) is 5.39. The smallest absolute Gasteiger partial charge is 0.351 e. The molecule has 1 aliphatic heterocycles. The van der Waals surface area contributed by atoms with E-state index in [1.807, 2.05) is 13.8 Å². The highest BCUT2D eigenvalue weighted by atomic mass is 16.5. The molecule has 0 spiro atoms. The van der Waals surface area contributed by atoms with Crippen LogP contribution in [0, 0.1) is 17.2 Å². The number of ether oxygens (including phenoxy) is 1. The van der Waals surface area contributed by atoms with Gasteiger partial charge in [-0.2, -0.15) is 5.26 Å². The fraction of sp³-hybridized carbons (Fsp3) is 0.545. The van der Waals surface area contributed by atoms with Crippen LogP contribution in [0.15, 0.2) is 11.3 Å². The molecule has 6 heteroatoms. The predicted molar refractivity (Wildman–Crippen MR) is 59.4 cm³/mol. The van der Waals surface area contributed by atoms with Crippen molar-refractivity contribution in [3.63, 3.8) is 0 Å². The van der Waals surface area contributed by atoms with Crippen LogP contribution in [0.3, 0.4) is 0 Å². The zero-order chi connectivity index (χ0) is 12.8. The molecule has 1 amide bonds. The molecule has 6 nitrogen and oxygen atoms in total. The summed E-state index contributed by atoms with van der Waals surface area (Å²) in [4.78, 5) is 23.0. The number of rotatable bonds is 3. The van der Waals surface area contributed by atoms with E-state index < -0.39 is 11.9 Å². The molecule has 0 bridgehead atoms. The van der Waals surface area contributed by atoms with Gasteiger partial charge in [0.15, 0.2) is 5.57 Å². The van der Waals surface area contributed by atoms with Gasteiger partial charge in [-0.05, 0) is 5.92 Å². The maximum Gasteiger partial charge on any atom is 0.351 e. The van der Waals surface area contributed by atoms with Crippen LogP contribution in [-0.4, -0.2) is 31.6 Å². The van der Waals surface area contributed by atoms with Crippen LogP contribution >= 0.6 is 0 Å². The van der Waals surface area contributed by atoms with Gasteiger partial charge in [-0.3, -0.25) is 4.79 Å². The fourth-order valence-electron chi connectivity index (χ4n) is 1.25. The Hall–Kier alpha value is -2.03. The summed E-state index contributed by atoms with van der Waals surface area (Å²) in [6, 6.07) is 1.71. The molecule has 0 radical (unpaired) electrons. The number of nitriles is 1. The molecule has 0 saturated carbocycles. The van der Waals surface area contributed by atoms with Gasteiger partial charge in [-0.1, -0.05) is 13.8 Å². The van der Waals surface area contributed by atoms with E-state index in [9.17, 15) is 9.59 Å². The lowest BCUT2D eigenvalue weighted by Gasteiger charge is -2.18. The molecule has 1 rings (SSSR count). The van der Waals surface area contributed by atoms with E-state index in [-0.39, 0.29) is 23.8 Å². The van der Waals surface area contributed by atoms with Gasteiger partial charge >= 0.3 is 5.97 Å². The molecule has 0 aliphatic carbocycles. The van der Waals surface area contributed by atoms with Gasteiger partial charge in [-0.25, -0.2) is 4.79 Å². The number of carbonyl (C=O) groups excluding carboxylic acids is 2. The highest BCUT2D eigenvalue weighted by Gasteiger charge is 2.24. The molecule has 17 heavy (non-hydrogen) atoms. The summed E-state index contributed by atoms with van der Waals surface area (Å²) in [5.41, 5.74) is -0.282. The van der Waals surface area contributed by atoms with Crippen molar-refractivity contribution in [2.45, 2.75) is 13.8 Å². The second kappa shape index (κ2) is 5.89. The van der Waals surface area contributed by atoms with Crippen molar-refractivity contribution in [3.05, 3.63) is 11.3 Å². The summed E-state index contributed by atoms with van der Waals surface area (Å²) in [5, 5.41) is 14.2. The Morgan fingerprint density at radius 2 is 2.12 bits per heavy atom. The number of hydrogen-bond acceptors (Lipinski definition) is 5. The normalized spacial score (nSPS) is 17.9. The van der Waals surface area contributed by atoms with Crippen LogP contribution in [0.25, 0.3) is 0 Å². The van der Waals surface area contributed by atoms with Gasteiger partial charge in [0, 0.05) is 13.1 Å². The van der Waals surface area contributed by atoms with Crippen molar-refractivity contribution in [1.82, 2.24) is 10.6 Å². The third-order valence-corrected chi connectivity index (χ3v) is 2.05. The molecule has 92 valence electrons. The Bertz CT molecular complexity index is 393. The lowest BCUT2D eigenvalue weighted by Crippen LogP contribution is -2.44. The predicted octanol–water partition coefficient (Wildman–Crippen LogP) is -0.317. The molecule has 0 atom stereocenters. The van der Waals surface area contributed by atoms with E-state index in [0.29, 0.717) is 13.1 Å². The zero-order valence-corrected chi connectivity index (χ0v) is 9.87. The summed E-state index contributed by atoms with van der Waals surface area (Å²) in [5.74, 6) is -1.04.